The fourth-order valence-electron chi connectivity index (χ4n) is 3.97. The summed E-state index contributed by atoms with van der Waals surface area (Å²) in [6.45, 7) is 11.2. The third-order valence-corrected chi connectivity index (χ3v) is 7.44. The number of rotatable bonds is 5. The van der Waals surface area contributed by atoms with E-state index in [9.17, 15) is 8.42 Å². The molecule has 1 saturated heterocycles. The molecule has 31 heavy (non-hydrogen) atoms. The van der Waals surface area contributed by atoms with Gasteiger partial charge in [0.05, 0.1) is 22.5 Å². The summed E-state index contributed by atoms with van der Waals surface area (Å²) in [6.07, 6.45) is 5.97. The van der Waals surface area contributed by atoms with Crippen molar-refractivity contribution >= 4 is 32.4 Å². The Balaban J connectivity index is 1.66. The van der Waals surface area contributed by atoms with Gasteiger partial charge in [-0.25, -0.2) is 29.0 Å². The van der Waals surface area contributed by atoms with Crippen LogP contribution in [0.4, 0.5) is 11.4 Å². The van der Waals surface area contributed by atoms with E-state index in [0.29, 0.717) is 34.9 Å². The highest BCUT2D eigenvalue weighted by atomic mass is 32.2. The molecule has 1 fully saturated rings. The lowest BCUT2D eigenvalue weighted by molar-refractivity contribution is 0.339. The Morgan fingerprint density at radius 3 is 2.74 bits per heavy atom. The molecule has 1 aliphatic heterocycles. The van der Waals surface area contributed by atoms with Gasteiger partial charge < -0.3 is 16.0 Å². The lowest BCUT2D eigenvalue weighted by Gasteiger charge is -2.23. The van der Waals surface area contributed by atoms with Gasteiger partial charge in [-0.05, 0) is 44.4 Å². The van der Waals surface area contributed by atoms with Crippen LogP contribution in [0.25, 0.3) is 15.9 Å². The van der Waals surface area contributed by atoms with Gasteiger partial charge in [-0.2, -0.15) is 0 Å². The summed E-state index contributed by atoms with van der Waals surface area (Å²) < 4.78 is 27.6. The van der Waals surface area contributed by atoms with Crippen LogP contribution >= 0.6 is 0 Å². The van der Waals surface area contributed by atoms with Gasteiger partial charge in [0.1, 0.15) is 0 Å². The molecule has 1 aliphatic rings. The highest BCUT2D eigenvalue weighted by Crippen LogP contribution is 2.31. The van der Waals surface area contributed by atoms with Crippen LogP contribution in [0, 0.1) is 19.4 Å². The summed E-state index contributed by atoms with van der Waals surface area (Å²) in [6, 6.07) is 8.48. The Bertz CT molecular complexity index is 1230. The van der Waals surface area contributed by atoms with E-state index in [-0.39, 0.29) is 4.90 Å². The predicted octanol–water partition coefficient (Wildman–Crippen LogP) is 3.51. The Morgan fingerprint density at radius 1 is 1.23 bits per heavy atom. The molecular formula is C22H26N6O2S. The molecule has 1 aromatic carbocycles. The first-order valence-electron chi connectivity index (χ1n) is 10.3. The summed E-state index contributed by atoms with van der Waals surface area (Å²) in [5.41, 5.74) is 12.0. The Labute approximate surface area is 182 Å². The number of anilines is 2. The second-order valence-corrected chi connectivity index (χ2v) is 9.81. The van der Waals surface area contributed by atoms with Gasteiger partial charge >= 0.3 is 0 Å². The van der Waals surface area contributed by atoms with E-state index >= 15 is 0 Å². The van der Waals surface area contributed by atoms with Crippen LogP contribution in [0.2, 0.25) is 0 Å². The minimum absolute atomic E-state index is 0.210. The van der Waals surface area contributed by atoms with Gasteiger partial charge in [-0.15, -0.1) is 0 Å². The Morgan fingerprint density at radius 2 is 2.00 bits per heavy atom. The third kappa shape index (κ3) is 4.22. The van der Waals surface area contributed by atoms with Gasteiger partial charge in [0.25, 0.3) is 10.0 Å². The number of fused-ring (bicyclic) bond motifs is 1. The molecule has 0 spiro atoms. The van der Waals surface area contributed by atoms with E-state index in [2.05, 4.69) is 20.3 Å². The van der Waals surface area contributed by atoms with Crippen molar-refractivity contribution in [2.45, 2.75) is 31.1 Å². The van der Waals surface area contributed by atoms with E-state index in [0.717, 1.165) is 37.9 Å². The van der Waals surface area contributed by atoms with Gasteiger partial charge in [0, 0.05) is 30.6 Å². The van der Waals surface area contributed by atoms with Crippen molar-refractivity contribution in [2.75, 3.05) is 30.8 Å². The molecule has 9 heteroatoms. The van der Waals surface area contributed by atoms with Crippen LogP contribution in [-0.4, -0.2) is 42.0 Å². The van der Waals surface area contributed by atoms with E-state index < -0.39 is 10.0 Å². The quantitative estimate of drug-likeness (QED) is 0.592. The molecule has 0 radical (unpaired) electrons. The molecule has 3 heterocycles. The number of nitrogens with two attached hydrogens (primary N) is 1. The Kier molecular flexibility index (Phi) is 5.85. The Hall–Kier alpha value is -3.09. The van der Waals surface area contributed by atoms with E-state index in [4.69, 9.17) is 12.3 Å². The van der Waals surface area contributed by atoms with Gasteiger partial charge in [-0.1, -0.05) is 17.7 Å². The number of aromatic nitrogens is 2. The summed E-state index contributed by atoms with van der Waals surface area (Å²) in [5, 5.41) is 2.75. The van der Waals surface area contributed by atoms with Crippen LogP contribution < -0.4 is 11.2 Å². The zero-order chi connectivity index (χ0) is 22.0. The first-order chi connectivity index (χ1) is 14.9. The third-order valence-electron chi connectivity index (χ3n) is 5.76. The zero-order valence-corrected chi connectivity index (χ0v) is 18.3. The normalized spacial score (nSPS) is 17.9. The van der Waals surface area contributed by atoms with Crippen molar-refractivity contribution in [1.82, 2.24) is 14.0 Å². The predicted molar refractivity (Wildman–Crippen MR) is 122 cm³/mol. The fraction of sp³-hybridized carbons (Fsp3) is 0.364. The first-order valence-corrected chi connectivity index (χ1v) is 11.8. The van der Waals surface area contributed by atoms with Crippen molar-refractivity contribution in [1.29, 1.82) is 0 Å². The van der Waals surface area contributed by atoms with Crippen molar-refractivity contribution in [3.05, 3.63) is 59.7 Å². The maximum absolute atomic E-state index is 13.2. The highest BCUT2D eigenvalue weighted by molar-refractivity contribution is 7.90. The lowest BCUT2D eigenvalue weighted by atomic mass is 10.0. The SMILES string of the molecule is [C-]#[N+]CC1CCCN(Nc2c(N)cnc3c2ccn3S(=O)(=O)c2ccc(C)cc2)CC1. The van der Waals surface area contributed by atoms with Crippen LogP contribution in [0.3, 0.4) is 0 Å². The number of nitrogens with one attached hydrogen (secondary N) is 1. The number of nitrogen functional groups attached to an aromatic ring is 1. The molecule has 0 amide bonds. The largest absolute Gasteiger partial charge is 0.396 e. The lowest BCUT2D eigenvalue weighted by Crippen LogP contribution is -2.31. The molecule has 2 aromatic heterocycles. The molecular weight excluding hydrogens is 412 g/mol. The molecule has 0 saturated carbocycles. The number of pyridine rings is 1. The molecule has 3 N–H and O–H groups in total. The maximum atomic E-state index is 13.2. The summed E-state index contributed by atoms with van der Waals surface area (Å²) in [4.78, 5) is 8.08. The maximum Gasteiger partial charge on any atom is 0.269 e. The molecule has 162 valence electrons. The zero-order valence-electron chi connectivity index (χ0n) is 17.5. The fourth-order valence-corrected chi connectivity index (χ4v) is 5.27. The second kappa shape index (κ2) is 8.57. The minimum atomic E-state index is -3.78. The van der Waals surface area contributed by atoms with Gasteiger partial charge in [-0.3, -0.25) is 0 Å². The summed E-state index contributed by atoms with van der Waals surface area (Å²) in [5.74, 6) is 0.417. The monoisotopic (exact) mass is 438 g/mol. The standard InChI is InChI=1S/C22H26N6O2S/c1-16-5-7-18(8-6-16)31(29,30)28-13-10-19-21(20(23)15-25-22(19)28)26-27-11-3-4-17(9-12-27)14-24-2/h5-8,10,13,15,17H,3-4,9,11-12,14,23H2,1H3,(H,25,26). The topological polar surface area (TPSA) is 97.6 Å². The second-order valence-electron chi connectivity index (χ2n) is 7.99. The van der Waals surface area contributed by atoms with Gasteiger partial charge in [0.15, 0.2) is 5.65 Å². The highest BCUT2D eigenvalue weighted by Gasteiger charge is 2.23. The minimum Gasteiger partial charge on any atom is -0.396 e. The van der Waals surface area contributed by atoms with E-state index in [1.807, 2.05) is 6.92 Å². The molecule has 0 bridgehead atoms. The molecule has 4 rings (SSSR count). The van der Waals surface area contributed by atoms with Crippen molar-refractivity contribution in [3.8, 4) is 0 Å². The number of nitrogens with zero attached hydrogens (tertiary/aromatic N) is 4. The van der Waals surface area contributed by atoms with Crippen LogP contribution in [0.5, 0.6) is 0 Å². The van der Waals surface area contributed by atoms with Crippen LogP contribution in [0.15, 0.2) is 47.6 Å². The molecule has 1 atom stereocenters. The van der Waals surface area contributed by atoms with Crippen molar-refractivity contribution in [2.24, 2.45) is 5.92 Å². The summed E-state index contributed by atoms with van der Waals surface area (Å²) >= 11 is 0. The average molecular weight is 439 g/mol. The number of benzene rings is 1. The molecule has 8 nitrogen and oxygen atoms in total. The number of hydrogen-bond donors (Lipinski definition) is 2. The van der Waals surface area contributed by atoms with Crippen molar-refractivity contribution in [3.63, 3.8) is 0 Å². The number of hydrogen-bond acceptors (Lipinski definition) is 6. The number of aryl methyl sites for hydroxylation is 1. The van der Waals surface area contributed by atoms with E-state index in [1.165, 1.54) is 16.4 Å². The van der Waals surface area contributed by atoms with Crippen LogP contribution in [-0.2, 0) is 10.0 Å². The molecule has 1 unspecified atom stereocenters. The van der Waals surface area contributed by atoms with E-state index in [1.54, 1.807) is 30.3 Å². The van der Waals surface area contributed by atoms with Gasteiger partial charge in [0.2, 0.25) is 6.54 Å². The average Bonchev–Trinajstić information content (AvgIpc) is 3.07. The first kappa shape index (κ1) is 21.2. The number of hydrazine groups is 1. The summed E-state index contributed by atoms with van der Waals surface area (Å²) in [7, 11) is -3.78. The smallest absolute Gasteiger partial charge is 0.269 e. The van der Waals surface area contributed by atoms with Crippen LogP contribution in [0.1, 0.15) is 24.8 Å². The van der Waals surface area contributed by atoms with Crippen molar-refractivity contribution < 1.29 is 8.42 Å². The molecule has 0 aliphatic carbocycles. The molecule has 3 aromatic rings.